The highest BCUT2D eigenvalue weighted by molar-refractivity contribution is 5.73. The molecule has 2 rings (SSSR count). The van der Waals surface area contributed by atoms with Gasteiger partial charge in [0, 0.05) is 12.6 Å². The largest absolute Gasteiger partial charge is 0.594 e. The second-order valence-corrected chi connectivity index (χ2v) is 4.16. The summed E-state index contributed by atoms with van der Waals surface area (Å²) in [5.74, 6) is 0.387. The molecule has 17 heavy (non-hydrogen) atoms. The molecule has 0 unspecified atom stereocenters. The van der Waals surface area contributed by atoms with Crippen molar-refractivity contribution in [3.8, 4) is 0 Å². The molecule has 0 aliphatic rings. The number of nitrogens with one attached hydrogen (secondary N) is 1. The van der Waals surface area contributed by atoms with Gasteiger partial charge in [-0.15, -0.1) is 0 Å². The Morgan fingerprint density at radius 2 is 2.00 bits per heavy atom. The molecule has 5 heteroatoms. The Morgan fingerprint density at radius 1 is 1.29 bits per heavy atom. The van der Waals surface area contributed by atoms with Gasteiger partial charge in [0.2, 0.25) is 0 Å². The third-order valence-electron chi connectivity index (χ3n) is 2.74. The van der Waals surface area contributed by atoms with E-state index in [9.17, 15) is 5.21 Å². The average Bonchev–Trinajstić information content (AvgIpc) is 2.29. The van der Waals surface area contributed by atoms with E-state index in [-0.39, 0.29) is 0 Å². The molecule has 0 spiro atoms. The van der Waals surface area contributed by atoms with E-state index in [1.165, 1.54) is 0 Å². The standard InChI is InChI=1S/C12H16N4O/c1-4-5-13-12-14-10-6-8(2)9(3)7-11(10)16(17)15-12/h6-7H,4-5H2,1-3H3,(H,13,14,15). The van der Waals surface area contributed by atoms with E-state index in [0.717, 1.165) is 24.1 Å². The van der Waals surface area contributed by atoms with Crippen LogP contribution in [0.25, 0.3) is 11.0 Å². The quantitative estimate of drug-likeness (QED) is 0.646. The van der Waals surface area contributed by atoms with E-state index in [1.54, 1.807) is 0 Å². The first-order chi connectivity index (χ1) is 8.11. The zero-order valence-corrected chi connectivity index (χ0v) is 10.3. The number of rotatable bonds is 3. The zero-order chi connectivity index (χ0) is 12.4. The maximum atomic E-state index is 11.8. The van der Waals surface area contributed by atoms with Crippen molar-refractivity contribution in [3.63, 3.8) is 0 Å². The fourth-order valence-corrected chi connectivity index (χ4v) is 1.62. The minimum absolute atomic E-state index is 0.387. The van der Waals surface area contributed by atoms with Crippen molar-refractivity contribution in [1.29, 1.82) is 0 Å². The number of nitrogens with zero attached hydrogens (tertiary/aromatic N) is 3. The lowest BCUT2D eigenvalue weighted by Gasteiger charge is -2.05. The van der Waals surface area contributed by atoms with E-state index >= 15 is 0 Å². The number of benzene rings is 1. The van der Waals surface area contributed by atoms with Gasteiger partial charge in [-0.05, 0) is 42.3 Å². The van der Waals surface area contributed by atoms with Gasteiger partial charge >= 0.3 is 0 Å². The molecule has 0 saturated carbocycles. The summed E-state index contributed by atoms with van der Waals surface area (Å²) in [4.78, 5) is 4.96. The van der Waals surface area contributed by atoms with Crippen molar-refractivity contribution < 1.29 is 4.85 Å². The van der Waals surface area contributed by atoms with Crippen molar-refractivity contribution in [2.24, 2.45) is 0 Å². The van der Waals surface area contributed by atoms with E-state index in [4.69, 9.17) is 0 Å². The van der Waals surface area contributed by atoms with Crippen molar-refractivity contribution in [2.45, 2.75) is 27.2 Å². The van der Waals surface area contributed by atoms with Gasteiger partial charge in [-0.2, -0.15) is 0 Å². The number of aromatic nitrogens is 3. The van der Waals surface area contributed by atoms with Crippen LogP contribution in [0.15, 0.2) is 12.1 Å². The highest BCUT2D eigenvalue weighted by Gasteiger charge is 2.11. The van der Waals surface area contributed by atoms with Gasteiger partial charge in [-0.25, -0.2) is 4.98 Å². The number of anilines is 1. The molecule has 1 N–H and O–H groups in total. The molecular formula is C12H16N4O. The van der Waals surface area contributed by atoms with Crippen molar-refractivity contribution in [2.75, 3.05) is 11.9 Å². The minimum Gasteiger partial charge on any atom is -0.594 e. The predicted octanol–water partition coefficient (Wildman–Crippen LogP) is 1.70. The first kappa shape index (κ1) is 11.6. The van der Waals surface area contributed by atoms with Gasteiger partial charge in [0.25, 0.3) is 11.5 Å². The molecule has 0 saturated heterocycles. The number of hydrogen-bond acceptors (Lipinski definition) is 4. The van der Waals surface area contributed by atoms with Crippen molar-refractivity contribution in [1.82, 2.24) is 10.1 Å². The van der Waals surface area contributed by atoms with Gasteiger partial charge in [0.05, 0.1) is 5.10 Å². The van der Waals surface area contributed by atoms with E-state index in [0.29, 0.717) is 21.8 Å². The average molecular weight is 232 g/mol. The van der Waals surface area contributed by atoms with Crippen LogP contribution < -0.4 is 10.2 Å². The number of hydrogen-bond donors (Lipinski definition) is 1. The zero-order valence-electron chi connectivity index (χ0n) is 10.3. The fraction of sp³-hybridized carbons (Fsp3) is 0.417. The van der Waals surface area contributed by atoms with Crippen LogP contribution in [0.2, 0.25) is 0 Å². The van der Waals surface area contributed by atoms with Gasteiger partial charge < -0.3 is 10.5 Å². The Hall–Kier alpha value is -1.91. The second-order valence-electron chi connectivity index (χ2n) is 4.16. The topological polar surface area (TPSA) is 64.8 Å². The summed E-state index contributed by atoms with van der Waals surface area (Å²) in [6.07, 6.45) is 0.965. The molecule has 0 aliphatic heterocycles. The van der Waals surface area contributed by atoms with Gasteiger partial charge in [-0.3, -0.25) is 0 Å². The van der Waals surface area contributed by atoms with Gasteiger partial charge in [-0.1, -0.05) is 6.92 Å². The Labute approximate surface area is 100 Å². The van der Waals surface area contributed by atoms with Crippen LogP contribution in [-0.2, 0) is 0 Å². The normalized spacial score (nSPS) is 10.8. The fourth-order valence-electron chi connectivity index (χ4n) is 1.62. The summed E-state index contributed by atoms with van der Waals surface area (Å²) >= 11 is 0. The minimum atomic E-state index is 0.387. The summed E-state index contributed by atoms with van der Waals surface area (Å²) in [5, 5.41) is 18.6. The van der Waals surface area contributed by atoms with Crippen LogP contribution >= 0.6 is 0 Å². The van der Waals surface area contributed by atoms with Gasteiger partial charge in [0.1, 0.15) is 5.52 Å². The summed E-state index contributed by atoms with van der Waals surface area (Å²) in [7, 11) is 0. The SMILES string of the molecule is CCCNc1nc2cc(C)c(C)cc2[n+]([O-])n1. The van der Waals surface area contributed by atoms with E-state index in [1.807, 2.05) is 32.9 Å². The molecular weight excluding hydrogens is 216 g/mol. The third kappa shape index (κ3) is 2.27. The Bertz CT molecular complexity index is 554. The molecule has 0 amide bonds. The van der Waals surface area contributed by atoms with Crippen LogP contribution in [0.5, 0.6) is 0 Å². The van der Waals surface area contributed by atoms with Crippen molar-refractivity contribution in [3.05, 3.63) is 28.5 Å². The molecule has 1 heterocycles. The van der Waals surface area contributed by atoms with Gasteiger partial charge in [0.15, 0.2) is 0 Å². The first-order valence-electron chi connectivity index (χ1n) is 5.74. The van der Waals surface area contributed by atoms with Crippen molar-refractivity contribution >= 4 is 17.0 Å². The Kier molecular flexibility index (Phi) is 3.08. The molecule has 1 aromatic carbocycles. The van der Waals surface area contributed by atoms with Crippen LogP contribution in [0.1, 0.15) is 24.5 Å². The highest BCUT2D eigenvalue weighted by Crippen LogP contribution is 2.15. The molecule has 0 bridgehead atoms. The lowest BCUT2D eigenvalue weighted by atomic mass is 10.1. The predicted molar refractivity (Wildman–Crippen MR) is 66.8 cm³/mol. The summed E-state index contributed by atoms with van der Waals surface area (Å²) in [5.41, 5.74) is 3.38. The second kappa shape index (κ2) is 4.53. The Morgan fingerprint density at radius 3 is 2.71 bits per heavy atom. The first-order valence-corrected chi connectivity index (χ1v) is 5.74. The van der Waals surface area contributed by atoms with Crippen LogP contribution in [0, 0.1) is 19.1 Å². The molecule has 0 radical (unpaired) electrons. The Balaban J connectivity index is 2.53. The van der Waals surface area contributed by atoms with Crippen LogP contribution in [0.3, 0.4) is 0 Å². The highest BCUT2D eigenvalue weighted by atomic mass is 16.5. The third-order valence-corrected chi connectivity index (χ3v) is 2.74. The molecule has 90 valence electrons. The van der Waals surface area contributed by atoms with Crippen LogP contribution in [0.4, 0.5) is 5.95 Å². The van der Waals surface area contributed by atoms with E-state index < -0.39 is 0 Å². The number of fused-ring (bicyclic) bond motifs is 1. The lowest BCUT2D eigenvalue weighted by Crippen LogP contribution is -2.33. The molecule has 2 aromatic rings. The molecule has 5 nitrogen and oxygen atoms in total. The lowest BCUT2D eigenvalue weighted by molar-refractivity contribution is -0.641. The molecule has 1 aromatic heterocycles. The molecule has 0 atom stereocenters. The maximum Gasteiger partial charge on any atom is 0.290 e. The monoisotopic (exact) mass is 232 g/mol. The van der Waals surface area contributed by atoms with E-state index in [2.05, 4.69) is 15.4 Å². The van der Waals surface area contributed by atoms with Crippen LogP contribution in [-0.4, -0.2) is 16.6 Å². The smallest absolute Gasteiger partial charge is 0.290 e. The summed E-state index contributed by atoms with van der Waals surface area (Å²) < 4.78 is 0. The molecule has 0 fully saturated rings. The summed E-state index contributed by atoms with van der Waals surface area (Å²) in [6, 6.07) is 3.74. The maximum absolute atomic E-state index is 11.8. The summed E-state index contributed by atoms with van der Waals surface area (Å²) in [6.45, 7) is 6.78. The molecule has 0 aliphatic carbocycles. The number of aryl methyl sites for hydroxylation is 2.